The van der Waals surface area contributed by atoms with Crippen LogP contribution >= 0.6 is 27.5 Å². The highest BCUT2D eigenvalue weighted by molar-refractivity contribution is 9.10. The van der Waals surface area contributed by atoms with Gasteiger partial charge in [0.1, 0.15) is 0 Å². The van der Waals surface area contributed by atoms with Gasteiger partial charge in [0.2, 0.25) is 0 Å². The molecule has 2 aromatic rings. The maximum absolute atomic E-state index is 6.34. The molecule has 108 valence electrons. The number of likely N-dealkylation sites (N-methyl/N-ethyl adjacent to an activating group) is 1. The van der Waals surface area contributed by atoms with Crippen molar-refractivity contribution < 1.29 is 0 Å². The Balaban J connectivity index is 2.26. The van der Waals surface area contributed by atoms with E-state index in [4.69, 9.17) is 17.3 Å². The smallest absolute Gasteiger partial charge is 0.0837 e. The fourth-order valence-electron chi connectivity index (χ4n) is 1.98. The van der Waals surface area contributed by atoms with Gasteiger partial charge in [0.25, 0.3) is 0 Å². The lowest BCUT2D eigenvalue weighted by atomic mass is 10.0. The quantitative estimate of drug-likeness (QED) is 0.895. The third kappa shape index (κ3) is 3.61. The summed E-state index contributed by atoms with van der Waals surface area (Å²) in [6, 6.07) is 7.66. The third-order valence-electron chi connectivity index (χ3n) is 3.12. The Bertz CT molecular complexity index is 565. The molecule has 0 saturated carbocycles. The maximum Gasteiger partial charge on any atom is 0.0837 e. The van der Waals surface area contributed by atoms with Crippen molar-refractivity contribution in [1.29, 1.82) is 0 Å². The van der Waals surface area contributed by atoms with Crippen LogP contribution in [0, 0.1) is 0 Å². The standard InChI is InChI=1S/C14H18BrClN4/c1-19(2)7-8-20-14(12(16)9-18-20)13(17)10-3-5-11(15)6-4-10/h3-6,9,13H,7-8,17H2,1-2H3. The van der Waals surface area contributed by atoms with E-state index in [-0.39, 0.29) is 6.04 Å². The molecule has 20 heavy (non-hydrogen) atoms. The predicted molar refractivity (Wildman–Crippen MR) is 86.0 cm³/mol. The van der Waals surface area contributed by atoms with Crippen LogP contribution in [0.4, 0.5) is 0 Å². The van der Waals surface area contributed by atoms with Gasteiger partial charge in [-0.1, -0.05) is 39.7 Å². The van der Waals surface area contributed by atoms with Crippen molar-refractivity contribution in [1.82, 2.24) is 14.7 Å². The Morgan fingerprint density at radius 2 is 2.00 bits per heavy atom. The van der Waals surface area contributed by atoms with Crippen LogP contribution in [0.25, 0.3) is 0 Å². The third-order valence-corrected chi connectivity index (χ3v) is 3.94. The van der Waals surface area contributed by atoms with Crippen molar-refractivity contribution in [2.75, 3.05) is 20.6 Å². The summed E-state index contributed by atoms with van der Waals surface area (Å²) in [6.45, 7) is 1.65. The zero-order valence-electron chi connectivity index (χ0n) is 11.6. The summed E-state index contributed by atoms with van der Waals surface area (Å²) < 4.78 is 2.91. The minimum atomic E-state index is -0.278. The molecule has 0 aliphatic carbocycles. The molecule has 0 spiro atoms. The molecule has 1 aromatic heterocycles. The van der Waals surface area contributed by atoms with Gasteiger partial charge in [0.05, 0.1) is 29.5 Å². The second-order valence-corrected chi connectivity index (χ2v) is 6.26. The zero-order valence-corrected chi connectivity index (χ0v) is 13.9. The summed E-state index contributed by atoms with van der Waals surface area (Å²) in [5.74, 6) is 0. The molecular weight excluding hydrogens is 340 g/mol. The van der Waals surface area contributed by atoms with Gasteiger partial charge in [-0.05, 0) is 31.8 Å². The normalized spacial score (nSPS) is 12.9. The van der Waals surface area contributed by atoms with Gasteiger partial charge < -0.3 is 10.6 Å². The number of rotatable bonds is 5. The first kappa shape index (κ1) is 15.5. The van der Waals surface area contributed by atoms with E-state index in [2.05, 4.69) is 25.9 Å². The van der Waals surface area contributed by atoms with E-state index in [0.717, 1.165) is 28.8 Å². The maximum atomic E-state index is 6.34. The molecule has 0 bridgehead atoms. The number of nitrogens with zero attached hydrogens (tertiary/aromatic N) is 3. The fraction of sp³-hybridized carbons (Fsp3) is 0.357. The minimum Gasteiger partial charge on any atom is -0.319 e. The van der Waals surface area contributed by atoms with Gasteiger partial charge in [-0.2, -0.15) is 5.10 Å². The summed E-state index contributed by atoms with van der Waals surface area (Å²) in [4.78, 5) is 2.10. The topological polar surface area (TPSA) is 47.1 Å². The molecule has 2 rings (SSSR count). The fourth-order valence-corrected chi connectivity index (χ4v) is 2.51. The highest BCUT2D eigenvalue weighted by Crippen LogP contribution is 2.27. The lowest BCUT2D eigenvalue weighted by molar-refractivity contribution is 0.368. The molecule has 0 amide bonds. The van der Waals surface area contributed by atoms with Gasteiger partial charge in [-0.25, -0.2) is 0 Å². The van der Waals surface area contributed by atoms with Crippen LogP contribution in [0.15, 0.2) is 34.9 Å². The predicted octanol–water partition coefficient (Wildman–Crippen LogP) is 2.91. The van der Waals surface area contributed by atoms with Crippen molar-refractivity contribution >= 4 is 27.5 Å². The lowest BCUT2D eigenvalue weighted by Crippen LogP contribution is -2.23. The van der Waals surface area contributed by atoms with Crippen LogP contribution in [-0.4, -0.2) is 35.3 Å². The van der Waals surface area contributed by atoms with E-state index in [1.54, 1.807) is 6.20 Å². The Morgan fingerprint density at radius 1 is 1.35 bits per heavy atom. The van der Waals surface area contributed by atoms with Gasteiger partial charge in [0, 0.05) is 11.0 Å². The first-order valence-electron chi connectivity index (χ1n) is 6.36. The Labute approximate surface area is 132 Å². The lowest BCUT2D eigenvalue weighted by Gasteiger charge is -2.17. The first-order chi connectivity index (χ1) is 9.49. The summed E-state index contributed by atoms with van der Waals surface area (Å²) >= 11 is 9.67. The van der Waals surface area contributed by atoms with E-state index in [0.29, 0.717) is 5.02 Å². The SMILES string of the molecule is CN(C)CCn1ncc(Cl)c1C(N)c1ccc(Br)cc1. The van der Waals surface area contributed by atoms with Crippen molar-refractivity contribution in [3.05, 3.63) is 51.2 Å². The van der Waals surface area contributed by atoms with Crippen molar-refractivity contribution in [3.63, 3.8) is 0 Å². The van der Waals surface area contributed by atoms with Crippen LogP contribution in [0.5, 0.6) is 0 Å². The monoisotopic (exact) mass is 356 g/mol. The van der Waals surface area contributed by atoms with Gasteiger partial charge in [-0.3, -0.25) is 4.68 Å². The molecule has 1 unspecified atom stereocenters. The molecule has 0 aliphatic rings. The molecule has 1 atom stereocenters. The Hall–Kier alpha value is -0.880. The average Bonchev–Trinajstić information content (AvgIpc) is 2.77. The summed E-state index contributed by atoms with van der Waals surface area (Å²) in [7, 11) is 4.05. The van der Waals surface area contributed by atoms with Crippen LogP contribution in [-0.2, 0) is 6.54 Å². The van der Waals surface area contributed by atoms with Gasteiger partial charge in [0.15, 0.2) is 0 Å². The summed E-state index contributed by atoms with van der Waals surface area (Å²) in [6.07, 6.45) is 1.66. The molecule has 0 radical (unpaired) electrons. The number of halogens is 2. The Kier molecular flexibility index (Phi) is 5.21. The second-order valence-electron chi connectivity index (χ2n) is 4.93. The summed E-state index contributed by atoms with van der Waals surface area (Å²) in [5.41, 5.74) is 8.22. The van der Waals surface area contributed by atoms with E-state index in [1.807, 2.05) is 43.0 Å². The second kappa shape index (κ2) is 6.72. The van der Waals surface area contributed by atoms with Gasteiger partial charge >= 0.3 is 0 Å². The van der Waals surface area contributed by atoms with Crippen LogP contribution in [0.3, 0.4) is 0 Å². The highest BCUT2D eigenvalue weighted by Gasteiger charge is 2.18. The molecule has 0 saturated heterocycles. The van der Waals surface area contributed by atoms with Crippen LogP contribution in [0.2, 0.25) is 5.02 Å². The number of benzene rings is 1. The highest BCUT2D eigenvalue weighted by atomic mass is 79.9. The summed E-state index contributed by atoms with van der Waals surface area (Å²) in [5, 5.41) is 4.93. The van der Waals surface area contributed by atoms with Gasteiger partial charge in [-0.15, -0.1) is 0 Å². The zero-order chi connectivity index (χ0) is 14.7. The molecule has 0 fully saturated rings. The molecular formula is C14H18BrClN4. The van der Waals surface area contributed by atoms with E-state index in [1.165, 1.54) is 0 Å². The number of hydrogen-bond acceptors (Lipinski definition) is 3. The minimum absolute atomic E-state index is 0.278. The average molecular weight is 358 g/mol. The Morgan fingerprint density at radius 3 is 2.60 bits per heavy atom. The molecule has 0 aliphatic heterocycles. The van der Waals surface area contributed by atoms with E-state index < -0.39 is 0 Å². The van der Waals surface area contributed by atoms with E-state index >= 15 is 0 Å². The number of aromatic nitrogens is 2. The number of hydrogen-bond donors (Lipinski definition) is 1. The van der Waals surface area contributed by atoms with Crippen molar-refractivity contribution in [3.8, 4) is 0 Å². The van der Waals surface area contributed by atoms with Crippen LogP contribution < -0.4 is 5.73 Å². The van der Waals surface area contributed by atoms with E-state index in [9.17, 15) is 0 Å². The van der Waals surface area contributed by atoms with Crippen LogP contribution in [0.1, 0.15) is 17.3 Å². The largest absolute Gasteiger partial charge is 0.319 e. The van der Waals surface area contributed by atoms with Crippen molar-refractivity contribution in [2.24, 2.45) is 5.73 Å². The molecule has 4 nitrogen and oxygen atoms in total. The number of nitrogens with two attached hydrogens (primary N) is 1. The first-order valence-corrected chi connectivity index (χ1v) is 7.53. The molecule has 6 heteroatoms. The molecule has 1 aromatic carbocycles. The van der Waals surface area contributed by atoms with Crippen molar-refractivity contribution in [2.45, 2.75) is 12.6 Å². The molecule has 1 heterocycles. The molecule has 2 N–H and O–H groups in total.